The number of aromatic nitrogens is 1. The van der Waals surface area contributed by atoms with E-state index in [1.54, 1.807) is 26.3 Å². The molecule has 0 saturated carbocycles. The van der Waals surface area contributed by atoms with Gasteiger partial charge in [0.05, 0.1) is 19.4 Å². The van der Waals surface area contributed by atoms with Gasteiger partial charge in [0.2, 0.25) is 0 Å². The Bertz CT molecular complexity index is 1040. The minimum absolute atomic E-state index is 0.0753. The number of hydrogen-bond donors (Lipinski definition) is 0. The van der Waals surface area contributed by atoms with Gasteiger partial charge in [-0.1, -0.05) is 6.92 Å². The minimum Gasteiger partial charge on any atom is -0.493 e. The zero-order valence-corrected chi connectivity index (χ0v) is 19.2. The number of carbonyl (C=O) groups excluding carboxylic acids is 1. The molecule has 0 amide bonds. The molecule has 0 radical (unpaired) electrons. The fraction of sp³-hybridized carbons (Fsp3) is 0.520. The van der Waals surface area contributed by atoms with Crippen LogP contribution in [0, 0.1) is 0 Å². The molecule has 1 atom stereocenters. The molecule has 1 aromatic heterocycles. The van der Waals surface area contributed by atoms with Crippen molar-refractivity contribution in [2.75, 3.05) is 40.0 Å². The van der Waals surface area contributed by atoms with Gasteiger partial charge in [0.25, 0.3) is 0 Å². The van der Waals surface area contributed by atoms with Crippen LogP contribution in [0.3, 0.4) is 0 Å². The molecule has 7 nitrogen and oxygen atoms in total. The number of pyridine rings is 1. The number of methoxy groups -OCH3 is 1. The third-order valence-corrected chi connectivity index (χ3v) is 6.42. The molecule has 0 aliphatic carbocycles. The van der Waals surface area contributed by atoms with E-state index in [4.69, 9.17) is 14.2 Å². The van der Waals surface area contributed by atoms with Crippen LogP contribution in [0.5, 0.6) is 11.5 Å². The maximum Gasteiger partial charge on any atom is 0.343 e. The average Bonchev–Trinajstić information content (AvgIpc) is 3.31. The Morgan fingerprint density at radius 1 is 1.12 bits per heavy atom. The Morgan fingerprint density at radius 2 is 1.91 bits per heavy atom. The van der Waals surface area contributed by atoms with Crippen LogP contribution in [0.4, 0.5) is 0 Å². The molecule has 2 aliphatic rings. The highest BCUT2D eigenvalue weighted by atomic mass is 16.5. The lowest BCUT2D eigenvalue weighted by molar-refractivity contribution is 0.0523. The van der Waals surface area contributed by atoms with Crippen molar-refractivity contribution < 1.29 is 19.0 Å². The van der Waals surface area contributed by atoms with E-state index >= 15 is 0 Å². The van der Waals surface area contributed by atoms with E-state index in [-0.39, 0.29) is 23.6 Å². The van der Waals surface area contributed by atoms with E-state index < -0.39 is 5.97 Å². The third kappa shape index (κ3) is 4.39. The Kier molecular flexibility index (Phi) is 6.84. The number of esters is 1. The van der Waals surface area contributed by atoms with Crippen LogP contribution in [0.2, 0.25) is 0 Å². The summed E-state index contributed by atoms with van der Waals surface area (Å²) in [5.41, 5.74) is 2.59. The van der Waals surface area contributed by atoms with Gasteiger partial charge in [0, 0.05) is 30.4 Å². The van der Waals surface area contributed by atoms with Gasteiger partial charge in [-0.25, -0.2) is 4.79 Å². The van der Waals surface area contributed by atoms with Gasteiger partial charge < -0.3 is 18.8 Å². The van der Waals surface area contributed by atoms with Gasteiger partial charge in [-0.15, -0.1) is 0 Å². The number of ether oxygens (including phenoxy) is 3. The zero-order valence-electron chi connectivity index (χ0n) is 19.2. The molecule has 32 heavy (non-hydrogen) atoms. The lowest BCUT2D eigenvalue weighted by Gasteiger charge is -2.31. The summed E-state index contributed by atoms with van der Waals surface area (Å²) in [5.74, 6) is 0.806. The van der Waals surface area contributed by atoms with Crippen LogP contribution in [0.25, 0.3) is 11.3 Å². The largest absolute Gasteiger partial charge is 0.493 e. The summed E-state index contributed by atoms with van der Waals surface area (Å²) in [6, 6.07) is 5.67. The smallest absolute Gasteiger partial charge is 0.343 e. The molecule has 1 unspecified atom stereocenters. The fourth-order valence-electron chi connectivity index (χ4n) is 4.70. The van der Waals surface area contributed by atoms with Crippen LogP contribution >= 0.6 is 0 Å². The molecule has 1 fully saturated rings. The second-order valence-corrected chi connectivity index (χ2v) is 8.39. The quantitative estimate of drug-likeness (QED) is 0.583. The first-order valence-electron chi connectivity index (χ1n) is 11.5. The Balaban J connectivity index is 1.67. The minimum atomic E-state index is -0.576. The number of fused-ring (bicyclic) bond motifs is 3. The molecule has 0 spiro atoms. The predicted octanol–water partition coefficient (Wildman–Crippen LogP) is 3.68. The summed E-state index contributed by atoms with van der Waals surface area (Å²) < 4.78 is 18.8. The molecule has 0 bridgehead atoms. The van der Waals surface area contributed by atoms with Gasteiger partial charge in [0.1, 0.15) is 12.2 Å². The Morgan fingerprint density at radius 3 is 2.59 bits per heavy atom. The van der Waals surface area contributed by atoms with Crippen molar-refractivity contribution in [1.29, 1.82) is 0 Å². The normalized spacial score (nSPS) is 17.5. The first-order valence-corrected chi connectivity index (χ1v) is 11.5. The number of nitrogens with zero attached hydrogens (tertiary/aromatic N) is 2. The maximum atomic E-state index is 12.7. The third-order valence-electron chi connectivity index (χ3n) is 6.42. The molecular weight excluding hydrogens is 408 g/mol. The SMILES string of the molecule is CCOC(=O)c1cn2c(cc1=O)-c1cc(OC)c(OCCN3CCCC3)cc1CC2CC. The van der Waals surface area contributed by atoms with E-state index in [2.05, 4.69) is 11.8 Å². The number of rotatable bonds is 8. The van der Waals surface area contributed by atoms with E-state index in [1.807, 2.05) is 16.7 Å². The van der Waals surface area contributed by atoms with E-state index in [9.17, 15) is 9.59 Å². The van der Waals surface area contributed by atoms with Gasteiger partial charge >= 0.3 is 5.97 Å². The van der Waals surface area contributed by atoms with E-state index in [0.29, 0.717) is 12.4 Å². The highest BCUT2D eigenvalue weighted by Crippen LogP contribution is 2.41. The molecule has 4 rings (SSSR count). The summed E-state index contributed by atoms with van der Waals surface area (Å²) in [6.45, 7) is 7.88. The average molecular weight is 441 g/mol. The van der Waals surface area contributed by atoms with Crippen molar-refractivity contribution in [3.8, 4) is 22.8 Å². The van der Waals surface area contributed by atoms with Gasteiger partial charge in [0.15, 0.2) is 16.9 Å². The zero-order chi connectivity index (χ0) is 22.7. The summed E-state index contributed by atoms with van der Waals surface area (Å²) in [5, 5.41) is 0. The van der Waals surface area contributed by atoms with Crippen LogP contribution in [-0.2, 0) is 11.2 Å². The second-order valence-electron chi connectivity index (χ2n) is 8.39. The summed E-state index contributed by atoms with van der Waals surface area (Å²) in [6.07, 6.45) is 5.83. The second kappa shape index (κ2) is 9.77. The maximum absolute atomic E-state index is 12.7. The molecule has 172 valence electrons. The van der Waals surface area contributed by atoms with Crippen molar-refractivity contribution in [2.45, 2.75) is 45.6 Å². The van der Waals surface area contributed by atoms with Crippen molar-refractivity contribution >= 4 is 5.97 Å². The van der Waals surface area contributed by atoms with Crippen LogP contribution in [-0.4, -0.2) is 55.4 Å². The lowest BCUT2D eigenvalue weighted by atomic mass is 9.90. The monoisotopic (exact) mass is 440 g/mol. The molecule has 3 heterocycles. The molecule has 2 aromatic rings. The summed E-state index contributed by atoms with van der Waals surface area (Å²) in [7, 11) is 1.63. The van der Waals surface area contributed by atoms with Gasteiger partial charge in [-0.05, 0) is 63.4 Å². The fourth-order valence-corrected chi connectivity index (χ4v) is 4.70. The molecule has 1 aromatic carbocycles. The first-order chi connectivity index (χ1) is 15.5. The lowest BCUT2D eigenvalue weighted by Crippen LogP contribution is -2.26. The van der Waals surface area contributed by atoms with Crippen molar-refractivity contribution in [2.24, 2.45) is 0 Å². The highest BCUT2D eigenvalue weighted by Gasteiger charge is 2.27. The van der Waals surface area contributed by atoms with Crippen molar-refractivity contribution in [3.05, 3.63) is 45.7 Å². The number of benzene rings is 1. The Labute approximate surface area is 188 Å². The highest BCUT2D eigenvalue weighted by molar-refractivity contribution is 5.89. The van der Waals surface area contributed by atoms with E-state index in [1.165, 1.54) is 12.8 Å². The molecule has 0 N–H and O–H groups in total. The first kappa shape index (κ1) is 22.4. The topological polar surface area (TPSA) is 70.0 Å². The van der Waals surface area contributed by atoms with Gasteiger partial charge in [-0.3, -0.25) is 9.69 Å². The Hall–Kier alpha value is -2.80. The number of hydrogen-bond acceptors (Lipinski definition) is 6. The molecule has 1 saturated heterocycles. The standard InChI is InChI=1S/C25H32N2O5/c1-4-18-12-17-13-24(32-11-10-26-8-6-7-9-26)23(30-3)14-19(17)21-15-22(28)20(16-27(18)21)25(29)31-5-2/h13-16,18H,4-12H2,1-3H3. The molecular formula is C25H32N2O5. The summed E-state index contributed by atoms with van der Waals surface area (Å²) >= 11 is 0. The van der Waals surface area contributed by atoms with Gasteiger partial charge in [-0.2, -0.15) is 0 Å². The molecule has 7 heteroatoms. The van der Waals surface area contributed by atoms with E-state index in [0.717, 1.165) is 55.0 Å². The molecule has 2 aliphatic heterocycles. The van der Waals surface area contributed by atoms with Crippen molar-refractivity contribution in [1.82, 2.24) is 9.47 Å². The van der Waals surface area contributed by atoms with Crippen LogP contribution in [0.1, 0.15) is 55.1 Å². The summed E-state index contributed by atoms with van der Waals surface area (Å²) in [4.78, 5) is 27.4. The van der Waals surface area contributed by atoms with Crippen LogP contribution in [0.15, 0.2) is 29.2 Å². The van der Waals surface area contributed by atoms with Crippen molar-refractivity contribution in [3.63, 3.8) is 0 Å². The number of carbonyl (C=O) groups is 1. The van der Waals surface area contributed by atoms with Crippen LogP contribution < -0.4 is 14.9 Å². The predicted molar refractivity (Wildman–Crippen MR) is 123 cm³/mol. The number of likely N-dealkylation sites (tertiary alicyclic amines) is 1.